The van der Waals surface area contributed by atoms with Crippen molar-refractivity contribution in [3.05, 3.63) is 48.6 Å². The largest absolute Gasteiger partial charge is 0.316 e. The van der Waals surface area contributed by atoms with Crippen LogP contribution < -0.4 is 5.32 Å². The summed E-state index contributed by atoms with van der Waals surface area (Å²) in [6.07, 6.45) is 3.45. The first kappa shape index (κ1) is 12.4. The molecule has 0 saturated heterocycles. The number of benzene rings is 1. The second-order valence-electron chi connectivity index (χ2n) is 5.35. The van der Waals surface area contributed by atoms with Gasteiger partial charge in [0.05, 0.1) is 0 Å². The Bertz CT molecular complexity index is 370. The fourth-order valence-corrected chi connectivity index (χ4v) is 2.74. The van der Waals surface area contributed by atoms with Gasteiger partial charge in [-0.25, -0.2) is 0 Å². The average molecular weight is 229 g/mol. The van der Waals surface area contributed by atoms with Gasteiger partial charge in [-0.2, -0.15) is 0 Å². The van der Waals surface area contributed by atoms with Crippen LogP contribution in [0.1, 0.15) is 31.7 Å². The highest BCUT2D eigenvalue weighted by atomic mass is 14.9. The smallest absolute Gasteiger partial charge is 0.00425 e. The monoisotopic (exact) mass is 229 g/mol. The highest BCUT2D eigenvalue weighted by molar-refractivity contribution is 5.28. The maximum absolute atomic E-state index is 4.04. The van der Waals surface area contributed by atoms with Gasteiger partial charge in [-0.3, -0.25) is 0 Å². The topological polar surface area (TPSA) is 12.0 Å². The first-order valence-electron chi connectivity index (χ1n) is 6.60. The first-order chi connectivity index (χ1) is 8.21. The lowest BCUT2D eigenvalue weighted by atomic mass is 9.83. The SMILES string of the molecule is C=CC(C)(CNCC)C1CC1c1ccccc1. The van der Waals surface area contributed by atoms with Crippen LogP contribution in [0.3, 0.4) is 0 Å². The maximum Gasteiger partial charge on any atom is 0.00425 e. The van der Waals surface area contributed by atoms with Crippen LogP contribution in [0.4, 0.5) is 0 Å². The fourth-order valence-electron chi connectivity index (χ4n) is 2.74. The molecule has 17 heavy (non-hydrogen) atoms. The molecular weight excluding hydrogens is 206 g/mol. The summed E-state index contributed by atoms with van der Waals surface area (Å²) in [7, 11) is 0. The van der Waals surface area contributed by atoms with E-state index >= 15 is 0 Å². The number of hydrogen-bond acceptors (Lipinski definition) is 1. The summed E-state index contributed by atoms with van der Waals surface area (Å²) in [6.45, 7) is 10.6. The average Bonchev–Trinajstić information content (AvgIpc) is 3.18. The van der Waals surface area contributed by atoms with Crippen molar-refractivity contribution >= 4 is 0 Å². The van der Waals surface area contributed by atoms with Gasteiger partial charge in [-0.1, -0.05) is 50.3 Å². The lowest BCUT2D eigenvalue weighted by Gasteiger charge is -2.26. The zero-order valence-corrected chi connectivity index (χ0v) is 10.9. The third kappa shape index (κ3) is 2.61. The Kier molecular flexibility index (Phi) is 3.68. The van der Waals surface area contributed by atoms with Crippen LogP contribution >= 0.6 is 0 Å². The van der Waals surface area contributed by atoms with Crippen LogP contribution in [-0.2, 0) is 0 Å². The molecule has 0 amide bonds. The van der Waals surface area contributed by atoms with Crippen LogP contribution in [0.2, 0.25) is 0 Å². The molecule has 1 fully saturated rings. The van der Waals surface area contributed by atoms with Gasteiger partial charge in [0.15, 0.2) is 0 Å². The zero-order chi connectivity index (χ0) is 12.3. The van der Waals surface area contributed by atoms with E-state index < -0.39 is 0 Å². The van der Waals surface area contributed by atoms with Crippen molar-refractivity contribution < 1.29 is 0 Å². The van der Waals surface area contributed by atoms with E-state index in [0.717, 1.165) is 24.9 Å². The van der Waals surface area contributed by atoms with Gasteiger partial charge in [0, 0.05) is 12.0 Å². The molecule has 92 valence electrons. The fraction of sp³-hybridized carbons (Fsp3) is 0.500. The molecule has 3 atom stereocenters. The Hall–Kier alpha value is -1.08. The third-order valence-electron chi connectivity index (χ3n) is 4.09. The van der Waals surface area contributed by atoms with E-state index in [-0.39, 0.29) is 5.41 Å². The van der Waals surface area contributed by atoms with Gasteiger partial charge >= 0.3 is 0 Å². The Labute approximate surface area is 105 Å². The van der Waals surface area contributed by atoms with Crippen molar-refractivity contribution in [3.63, 3.8) is 0 Å². The molecule has 1 aliphatic rings. The van der Waals surface area contributed by atoms with Gasteiger partial charge in [0.2, 0.25) is 0 Å². The first-order valence-corrected chi connectivity index (χ1v) is 6.60. The molecule has 0 aromatic heterocycles. The normalized spacial score (nSPS) is 26.2. The predicted molar refractivity (Wildman–Crippen MR) is 74.1 cm³/mol. The van der Waals surface area contributed by atoms with Crippen LogP contribution in [-0.4, -0.2) is 13.1 Å². The van der Waals surface area contributed by atoms with Crippen molar-refractivity contribution in [2.45, 2.75) is 26.2 Å². The molecule has 1 heteroatoms. The molecular formula is C16H23N. The molecule has 0 spiro atoms. The summed E-state index contributed by atoms with van der Waals surface area (Å²) in [6, 6.07) is 10.9. The van der Waals surface area contributed by atoms with E-state index in [0.29, 0.717) is 0 Å². The quantitative estimate of drug-likeness (QED) is 0.735. The number of nitrogens with one attached hydrogen (secondary N) is 1. The Morgan fingerprint density at radius 1 is 1.41 bits per heavy atom. The highest BCUT2D eigenvalue weighted by Gasteiger charge is 2.48. The minimum absolute atomic E-state index is 0.233. The van der Waals surface area contributed by atoms with Crippen LogP contribution in [0.15, 0.2) is 43.0 Å². The lowest BCUT2D eigenvalue weighted by molar-refractivity contribution is 0.339. The third-order valence-corrected chi connectivity index (χ3v) is 4.09. The van der Waals surface area contributed by atoms with Gasteiger partial charge in [0.1, 0.15) is 0 Å². The Balaban J connectivity index is 2.03. The minimum Gasteiger partial charge on any atom is -0.316 e. The van der Waals surface area contributed by atoms with E-state index in [9.17, 15) is 0 Å². The molecule has 1 aromatic carbocycles. The Morgan fingerprint density at radius 3 is 2.71 bits per heavy atom. The summed E-state index contributed by atoms with van der Waals surface area (Å²) < 4.78 is 0. The molecule has 1 nitrogen and oxygen atoms in total. The Morgan fingerprint density at radius 2 is 2.12 bits per heavy atom. The van der Waals surface area contributed by atoms with Crippen molar-refractivity contribution in [1.82, 2.24) is 5.32 Å². The van der Waals surface area contributed by atoms with Crippen molar-refractivity contribution in [2.24, 2.45) is 11.3 Å². The molecule has 2 rings (SSSR count). The second kappa shape index (κ2) is 5.05. The molecule has 3 unspecified atom stereocenters. The molecule has 0 heterocycles. The number of hydrogen-bond donors (Lipinski definition) is 1. The molecule has 1 aromatic rings. The van der Waals surface area contributed by atoms with Gasteiger partial charge in [-0.15, -0.1) is 6.58 Å². The second-order valence-corrected chi connectivity index (χ2v) is 5.35. The van der Waals surface area contributed by atoms with Crippen molar-refractivity contribution in [1.29, 1.82) is 0 Å². The van der Waals surface area contributed by atoms with E-state index in [2.05, 4.69) is 62.2 Å². The predicted octanol–water partition coefficient (Wildman–Crippen LogP) is 3.59. The zero-order valence-electron chi connectivity index (χ0n) is 10.9. The minimum atomic E-state index is 0.233. The number of rotatable bonds is 6. The summed E-state index contributed by atoms with van der Waals surface area (Å²) >= 11 is 0. The summed E-state index contributed by atoms with van der Waals surface area (Å²) in [5.41, 5.74) is 1.72. The van der Waals surface area contributed by atoms with Crippen LogP contribution in [0, 0.1) is 11.3 Å². The molecule has 0 bridgehead atoms. The lowest BCUT2D eigenvalue weighted by Crippen LogP contribution is -2.32. The van der Waals surface area contributed by atoms with Crippen molar-refractivity contribution in [3.8, 4) is 0 Å². The van der Waals surface area contributed by atoms with E-state index in [1.807, 2.05) is 0 Å². The van der Waals surface area contributed by atoms with Gasteiger partial charge in [-0.05, 0) is 30.4 Å². The molecule has 1 aliphatic carbocycles. The molecule has 1 saturated carbocycles. The highest BCUT2D eigenvalue weighted by Crippen LogP contribution is 2.57. The van der Waals surface area contributed by atoms with Crippen molar-refractivity contribution in [2.75, 3.05) is 13.1 Å². The summed E-state index contributed by atoms with van der Waals surface area (Å²) in [5, 5.41) is 3.46. The van der Waals surface area contributed by atoms with Gasteiger partial charge in [0.25, 0.3) is 0 Å². The van der Waals surface area contributed by atoms with E-state index in [4.69, 9.17) is 0 Å². The standard InChI is InChI=1S/C16H23N/c1-4-16(3,12-17-5-2)15-11-14(15)13-9-7-6-8-10-13/h4,6-10,14-15,17H,1,5,11-12H2,2-3H3. The van der Waals surface area contributed by atoms with E-state index in [1.165, 1.54) is 12.0 Å². The molecule has 0 radical (unpaired) electrons. The van der Waals surface area contributed by atoms with E-state index in [1.54, 1.807) is 0 Å². The maximum atomic E-state index is 4.04. The van der Waals surface area contributed by atoms with Gasteiger partial charge < -0.3 is 5.32 Å². The summed E-state index contributed by atoms with van der Waals surface area (Å²) in [5.74, 6) is 1.49. The van der Waals surface area contributed by atoms with Crippen LogP contribution in [0.25, 0.3) is 0 Å². The summed E-state index contributed by atoms with van der Waals surface area (Å²) in [4.78, 5) is 0. The molecule has 0 aliphatic heterocycles. The van der Waals surface area contributed by atoms with Crippen LogP contribution in [0.5, 0.6) is 0 Å². The molecule has 1 N–H and O–H groups in total.